The normalized spacial score (nSPS) is 19.9. The first-order valence-electron chi connectivity index (χ1n) is 4.75. The number of hydrogen-bond donors (Lipinski definition) is 0. The van der Waals surface area contributed by atoms with Gasteiger partial charge in [-0.05, 0) is 32.3 Å². The largest absolute Gasteiger partial charge is 0.499 e. The fourth-order valence-electron chi connectivity index (χ4n) is 1.48. The summed E-state index contributed by atoms with van der Waals surface area (Å²) in [7, 11) is 0. The van der Waals surface area contributed by atoms with Crippen LogP contribution in [0.4, 0.5) is 0 Å². The fourth-order valence-corrected chi connectivity index (χ4v) is 1.48. The highest BCUT2D eigenvalue weighted by Crippen LogP contribution is 2.17. The average Bonchev–Trinajstić information content (AvgIpc) is 1.94. The third kappa shape index (κ3) is 3.45. The zero-order valence-electron chi connectivity index (χ0n) is 7.44. The average molecular weight is 154 g/mol. The summed E-state index contributed by atoms with van der Waals surface area (Å²) in [5.41, 5.74) is 0. The van der Waals surface area contributed by atoms with Crippen molar-refractivity contribution in [3.05, 3.63) is 11.8 Å². The van der Waals surface area contributed by atoms with Crippen LogP contribution in [0, 0.1) is 0 Å². The lowest BCUT2D eigenvalue weighted by atomic mass is 10.1. The minimum atomic E-state index is 0.825. The first-order chi connectivity index (χ1) is 5.43. The fraction of sp³-hybridized carbons (Fsp3) is 0.800. The molecule has 0 spiro atoms. The van der Waals surface area contributed by atoms with Crippen LogP contribution in [0.25, 0.3) is 0 Å². The molecule has 0 saturated carbocycles. The lowest BCUT2D eigenvalue weighted by molar-refractivity contribution is 0.213. The minimum Gasteiger partial charge on any atom is -0.499 e. The minimum absolute atomic E-state index is 0.825. The molecule has 0 aliphatic heterocycles. The van der Waals surface area contributed by atoms with Gasteiger partial charge in [0, 0.05) is 6.42 Å². The summed E-state index contributed by atoms with van der Waals surface area (Å²) < 4.78 is 5.48. The predicted octanol–water partition coefficient (Wildman–Crippen LogP) is 3.26. The van der Waals surface area contributed by atoms with Crippen molar-refractivity contribution in [1.82, 2.24) is 0 Å². The van der Waals surface area contributed by atoms with Crippen molar-refractivity contribution in [2.75, 3.05) is 6.61 Å². The number of hydrogen-bond acceptors (Lipinski definition) is 1. The van der Waals surface area contributed by atoms with Gasteiger partial charge in [-0.2, -0.15) is 0 Å². The Morgan fingerprint density at radius 2 is 2.09 bits per heavy atom. The molecule has 1 nitrogen and oxygen atoms in total. The Morgan fingerprint density at radius 1 is 1.27 bits per heavy atom. The second-order valence-electron chi connectivity index (χ2n) is 3.06. The molecule has 0 bridgehead atoms. The van der Waals surface area contributed by atoms with Gasteiger partial charge in [-0.3, -0.25) is 0 Å². The second-order valence-corrected chi connectivity index (χ2v) is 3.06. The van der Waals surface area contributed by atoms with Crippen LogP contribution in [-0.4, -0.2) is 6.61 Å². The lowest BCUT2D eigenvalue weighted by Crippen LogP contribution is -1.94. The summed E-state index contributed by atoms with van der Waals surface area (Å²) in [6, 6.07) is 0. The third-order valence-electron chi connectivity index (χ3n) is 2.08. The van der Waals surface area contributed by atoms with Crippen molar-refractivity contribution >= 4 is 0 Å². The number of allylic oxidation sites excluding steroid dienone is 2. The van der Waals surface area contributed by atoms with Gasteiger partial charge in [0.15, 0.2) is 0 Å². The van der Waals surface area contributed by atoms with E-state index in [-0.39, 0.29) is 0 Å². The molecule has 1 aliphatic carbocycles. The highest BCUT2D eigenvalue weighted by Gasteiger charge is 2.00. The number of ether oxygens (including phenoxy) is 1. The molecule has 0 atom stereocenters. The van der Waals surface area contributed by atoms with Gasteiger partial charge in [0.25, 0.3) is 0 Å². The van der Waals surface area contributed by atoms with E-state index in [1.807, 2.05) is 0 Å². The Morgan fingerprint density at radius 3 is 2.91 bits per heavy atom. The van der Waals surface area contributed by atoms with Gasteiger partial charge in [0.1, 0.15) is 0 Å². The van der Waals surface area contributed by atoms with Gasteiger partial charge in [-0.1, -0.05) is 12.8 Å². The highest BCUT2D eigenvalue weighted by molar-refractivity contribution is 4.93. The van der Waals surface area contributed by atoms with Gasteiger partial charge in [-0.25, -0.2) is 0 Å². The van der Waals surface area contributed by atoms with Crippen molar-refractivity contribution in [2.45, 2.75) is 45.4 Å². The first kappa shape index (κ1) is 8.63. The van der Waals surface area contributed by atoms with Crippen LogP contribution in [-0.2, 0) is 4.74 Å². The lowest BCUT2D eigenvalue weighted by Gasteiger charge is -2.11. The van der Waals surface area contributed by atoms with E-state index < -0.39 is 0 Å². The monoisotopic (exact) mass is 154 g/mol. The molecule has 0 heterocycles. The van der Waals surface area contributed by atoms with Crippen LogP contribution < -0.4 is 0 Å². The number of rotatable bonds is 2. The molecule has 0 aromatic heterocycles. The van der Waals surface area contributed by atoms with Crippen molar-refractivity contribution in [2.24, 2.45) is 0 Å². The molecule has 0 aromatic carbocycles. The topological polar surface area (TPSA) is 9.23 Å². The van der Waals surface area contributed by atoms with Gasteiger partial charge in [0.2, 0.25) is 0 Å². The maximum absolute atomic E-state index is 5.48. The van der Waals surface area contributed by atoms with Crippen molar-refractivity contribution < 1.29 is 4.74 Å². The Kier molecular flexibility index (Phi) is 4.10. The zero-order chi connectivity index (χ0) is 7.94. The molecular formula is C10H18O. The SMILES string of the molecule is CCOC1=CCCCCCC1. The maximum atomic E-state index is 5.48. The second kappa shape index (κ2) is 5.22. The molecule has 64 valence electrons. The third-order valence-corrected chi connectivity index (χ3v) is 2.08. The molecule has 0 fully saturated rings. The van der Waals surface area contributed by atoms with Crippen molar-refractivity contribution in [1.29, 1.82) is 0 Å². The Hall–Kier alpha value is -0.460. The standard InChI is InChI=1S/C10H18O/c1-2-11-10-8-6-4-3-5-7-9-10/h8H,2-7,9H2,1H3. The Balaban J connectivity index is 2.32. The van der Waals surface area contributed by atoms with E-state index in [1.54, 1.807) is 0 Å². The molecule has 0 amide bonds. The molecule has 1 rings (SSSR count). The zero-order valence-corrected chi connectivity index (χ0v) is 7.44. The van der Waals surface area contributed by atoms with Crippen LogP contribution in [0.1, 0.15) is 45.4 Å². The van der Waals surface area contributed by atoms with E-state index in [2.05, 4.69) is 13.0 Å². The van der Waals surface area contributed by atoms with Crippen molar-refractivity contribution in [3.8, 4) is 0 Å². The van der Waals surface area contributed by atoms with Crippen molar-refractivity contribution in [3.63, 3.8) is 0 Å². The summed E-state index contributed by atoms with van der Waals surface area (Å²) in [5, 5.41) is 0. The highest BCUT2D eigenvalue weighted by atomic mass is 16.5. The van der Waals surface area contributed by atoms with Crippen LogP contribution in [0.2, 0.25) is 0 Å². The maximum Gasteiger partial charge on any atom is 0.0919 e. The molecule has 0 N–H and O–H groups in total. The van der Waals surface area contributed by atoms with Crippen LogP contribution in [0.5, 0.6) is 0 Å². The van der Waals surface area contributed by atoms with Gasteiger partial charge < -0.3 is 4.74 Å². The first-order valence-corrected chi connectivity index (χ1v) is 4.75. The summed E-state index contributed by atoms with van der Waals surface area (Å²) in [6.45, 7) is 2.88. The molecule has 1 heteroatoms. The smallest absolute Gasteiger partial charge is 0.0919 e. The summed E-state index contributed by atoms with van der Waals surface area (Å²) in [5.74, 6) is 1.23. The molecule has 0 radical (unpaired) electrons. The summed E-state index contributed by atoms with van der Waals surface area (Å²) >= 11 is 0. The summed E-state index contributed by atoms with van der Waals surface area (Å²) in [6.07, 6.45) is 10.1. The van der Waals surface area contributed by atoms with E-state index in [1.165, 1.54) is 37.9 Å². The van der Waals surface area contributed by atoms with Crippen LogP contribution in [0.15, 0.2) is 11.8 Å². The van der Waals surface area contributed by atoms with Crippen LogP contribution in [0.3, 0.4) is 0 Å². The Bertz CT molecular complexity index is 127. The van der Waals surface area contributed by atoms with E-state index in [4.69, 9.17) is 4.74 Å². The van der Waals surface area contributed by atoms with E-state index in [0.29, 0.717) is 0 Å². The summed E-state index contributed by atoms with van der Waals surface area (Å²) in [4.78, 5) is 0. The van der Waals surface area contributed by atoms with E-state index >= 15 is 0 Å². The van der Waals surface area contributed by atoms with Gasteiger partial charge in [-0.15, -0.1) is 0 Å². The quantitative estimate of drug-likeness (QED) is 0.593. The molecule has 0 saturated heterocycles. The van der Waals surface area contributed by atoms with E-state index in [9.17, 15) is 0 Å². The Labute approximate surface area is 69.4 Å². The molecular weight excluding hydrogens is 136 g/mol. The molecule has 11 heavy (non-hydrogen) atoms. The van der Waals surface area contributed by atoms with Gasteiger partial charge in [0.05, 0.1) is 12.4 Å². The predicted molar refractivity (Wildman–Crippen MR) is 47.4 cm³/mol. The van der Waals surface area contributed by atoms with Gasteiger partial charge >= 0.3 is 0 Å². The van der Waals surface area contributed by atoms with Crippen LogP contribution >= 0.6 is 0 Å². The molecule has 0 unspecified atom stereocenters. The molecule has 1 aliphatic rings. The van der Waals surface area contributed by atoms with E-state index in [0.717, 1.165) is 13.0 Å². The molecule has 0 aromatic rings.